The lowest BCUT2D eigenvalue weighted by Crippen LogP contribution is -2.26. The van der Waals surface area contributed by atoms with Gasteiger partial charge in [0.2, 0.25) is 16.0 Å². The van der Waals surface area contributed by atoms with Crippen molar-refractivity contribution in [2.75, 3.05) is 25.1 Å². The Balaban J connectivity index is 1.78. The summed E-state index contributed by atoms with van der Waals surface area (Å²) in [5.74, 6) is 0.982. The number of hydrogen-bond donors (Lipinski definition) is 1. The number of methoxy groups -OCH3 is 1. The third-order valence-corrected chi connectivity index (χ3v) is 5.53. The number of rotatable bonds is 6. The fourth-order valence-corrected chi connectivity index (χ4v) is 4.02. The number of sulfonamides is 1. The molecule has 8 heteroatoms. The van der Waals surface area contributed by atoms with Crippen molar-refractivity contribution < 1.29 is 13.2 Å². The van der Waals surface area contributed by atoms with E-state index in [-0.39, 0.29) is 11.4 Å². The zero-order chi connectivity index (χ0) is 17.9. The molecule has 0 unspecified atom stereocenters. The zero-order valence-corrected chi connectivity index (χ0v) is 15.2. The molecule has 1 aromatic heterocycles. The van der Waals surface area contributed by atoms with Gasteiger partial charge >= 0.3 is 0 Å². The van der Waals surface area contributed by atoms with E-state index in [1.54, 1.807) is 24.3 Å². The highest BCUT2D eigenvalue weighted by Gasteiger charge is 2.20. The van der Waals surface area contributed by atoms with E-state index in [0.717, 1.165) is 31.6 Å². The summed E-state index contributed by atoms with van der Waals surface area (Å²) < 4.78 is 32.9. The summed E-state index contributed by atoms with van der Waals surface area (Å²) in [4.78, 5) is 11.2. The van der Waals surface area contributed by atoms with Crippen LogP contribution in [0.25, 0.3) is 0 Å². The molecule has 1 N–H and O–H groups in total. The zero-order valence-electron chi connectivity index (χ0n) is 14.4. The van der Waals surface area contributed by atoms with Gasteiger partial charge in [-0.15, -0.1) is 0 Å². The molecule has 1 aromatic carbocycles. The van der Waals surface area contributed by atoms with Crippen molar-refractivity contribution in [1.29, 1.82) is 0 Å². The molecular weight excluding hydrogens is 340 g/mol. The maximum atomic E-state index is 12.6. The average molecular weight is 362 g/mol. The number of aryl methyl sites for hydroxylation is 1. The Labute approximate surface area is 148 Å². The quantitative estimate of drug-likeness (QED) is 0.844. The molecule has 7 nitrogen and oxygen atoms in total. The molecule has 1 aliphatic rings. The van der Waals surface area contributed by atoms with Gasteiger partial charge in [0.1, 0.15) is 10.6 Å². The van der Waals surface area contributed by atoms with Crippen LogP contribution in [-0.2, 0) is 16.6 Å². The molecule has 2 heterocycles. The van der Waals surface area contributed by atoms with E-state index < -0.39 is 10.0 Å². The molecular formula is C17H22N4O3S. The largest absolute Gasteiger partial charge is 0.495 e. The van der Waals surface area contributed by atoms with Crippen LogP contribution < -0.4 is 14.4 Å². The molecule has 0 bridgehead atoms. The molecule has 1 fully saturated rings. The van der Waals surface area contributed by atoms with E-state index in [4.69, 9.17) is 4.74 Å². The first kappa shape index (κ1) is 17.6. The molecule has 134 valence electrons. The van der Waals surface area contributed by atoms with Crippen LogP contribution in [0.4, 0.5) is 5.95 Å². The number of nitrogens with zero attached hydrogens (tertiary/aromatic N) is 3. The van der Waals surface area contributed by atoms with Crippen LogP contribution in [0, 0.1) is 6.92 Å². The Morgan fingerprint density at radius 1 is 1.20 bits per heavy atom. The minimum absolute atomic E-state index is 0.102. The first-order chi connectivity index (χ1) is 12.0. The topological polar surface area (TPSA) is 84.4 Å². The van der Waals surface area contributed by atoms with Gasteiger partial charge in [0.05, 0.1) is 19.3 Å². The average Bonchev–Trinajstić information content (AvgIpc) is 3.14. The van der Waals surface area contributed by atoms with Crippen molar-refractivity contribution in [3.8, 4) is 5.75 Å². The first-order valence-electron chi connectivity index (χ1n) is 8.22. The van der Waals surface area contributed by atoms with Gasteiger partial charge in [0, 0.05) is 18.8 Å². The summed E-state index contributed by atoms with van der Waals surface area (Å²) in [5.41, 5.74) is 1.47. The number of aromatic nitrogens is 2. The van der Waals surface area contributed by atoms with Gasteiger partial charge < -0.3 is 9.64 Å². The molecule has 0 amide bonds. The van der Waals surface area contributed by atoms with Crippen LogP contribution >= 0.6 is 0 Å². The first-order valence-corrected chi connectivity index (χ1v) is 9.70. The molecule has 25 heavy (non-hydrogen) atoms. The third-order valence-electron chi connectivity index (χ3n) is 4.09. The lowest BCUT2D eigenvalue weighted by Gasteiger charge is -2.16. The van der Waals surface area contributed by atoms with Crippen LogP contribution in [0.15, 0.2) is 35.2 Å². The SMILES string of the molecule is COc1ccccc1S(=O)(=O)NCc1cc(C)nc(N2CCCC2)n1. The normalized spacial score (nSPS) is 14.7. The summed E-state index contributed by atoms with van der Waals surface area (Å²) in [6.45, 7) is 3.87. The van der Waals surface area contributed by atoms with E-state index >= 15 is 0 Å². The monoisotopic (exact) mass is 362 g/mol. The second-order valence-electron chi connectivity index (χ2n) is 5.97. The second-order valence-corrected chi connectivity index (χ2v) is 7.71. The molecule has 3 rings (SSSR count). The Morgan fingerprint density at radius 3 is 2.64 bits per heavy atom. The molecule has 2 aromatic rings. The van der Waals surface area contributed by atoms with E-state index in [2.05, 4.69) is 19.6 Å². The third kappa shape index (κ3) is 4.08. The summed E-state index contributed by atoms with van der Waals surface area (Å²) in [6.07, 6.45) is 2.26. The Morgan fingerprint density at radius 2 is 1.92 bits per heavy atom. The summed E-state index contributed by atoms with van der Waals surface area (Å²) in [6, 6.07) is 8.33. The molecule has 0 spiro atoms. The molecule has 0 atom stereocenters. The Hall–Kier alpha value is -2.19. The van der Waals surface area contributed by atoms with Gasteiger partial charge in [-0.05, 0) is 38.0 Å². The van der Waals surface area contributed by atoms with E-state index in [0.29, 0.717) is 17.4 Å². The van der Waals surface area contributed by atoms with Gasteiger partial charge in [-0.3, -0.25) is 0 Å². The highest BCUT2D eigenvalue weighted by Crippen LogP contribution is 2.23. The summed E-state index contributed by atoms with van der Waals surface area (Å²) in [7, 11) is -2.25. The maximum absolute atomic E-state index is 12.6. The molecule has 1 saturated heterocycles. The second kappa shape index (κ2) is 7.37. The number of anilines is 1. The highest BCUT2D eigenvalue weighted by atomic mass is 32.2. The number of ether oxygens (including phenoxy) is 1. The van der Waals surface area contributed by atoms with Crippen LogP contribution in [0.5, 0.6) is 5.75 Å². The molecule has 0 aliphatic carbocycles. The lowest BCUT2D eigenvalue weighted by atomic mass is 10.3. The number of benzene rings is 1. The lowest BCUT2D eigenvalue weighted by molar-refractivity contribution is 0.402. The summed E-state index contributed by atoms with van der Waals surface area (Å²) in [5, 5.41) is 0. The maximum Gasteiger partial charge on any atom is 0.244 e. The predicted octanol–water partition coefficient (Wildman–Crippen LogP) is 1.87. The Kier molecular flexibility index (Phi) is 5.19. The van der Waals surface area contributed by atoms with Crippen molar-refractivity contribution >= 4 is 16.0 Å². The van der Waals surface area contributed by atoms with Crippen molar-refractivity contribution in [3.05, 3.63) is 41.7 Å². The number of para-hydroxylation sites is 1. The van der Waals surface area contributed by atoms with Gasteiger partial charge in [-0.2, -0.15) is 0 Å². The fraction of sp³-hybridized carbons (Fsp3) is 0.412. The standard InChI is InChI=1S/C17H22N4O3S/c1-13-11-14(20-17(19-13)21-9-5-6-10-21)12-18-25(22,23)16-8-4-3-7-15(16)24-2/h3-4,7-8,11,18H,5-6,9-10,12H2,1-2H3. The molecule has 0 radical (unpaired) electrons. The number of nitrogens with one attached hydrogen (secondary N) is 1. The van der Waals surface area contributed by atoms with Crippen molar-refractivity contribution in [2.24, 2.45) is 0 Å². The minimum Gasteiger partial charge on any atom is -0.495 e. The summed E-state index contributed by atoms with van der Waals surface area (Å²) >= 11 is 0. The minimum atomic E-state index is -3.69. The number of hydrogen-bond acceptors (Lipinski definition) is 6. The van der Waals surface area contributed by atoms with Crippen LogP contribution in [-0.4, -0.2) is 38.6 Å². The Bertz CT molecular complexity index is 849. The van der Waals surface area contributed by atoms with Gasteiger partial charge in [0.25, 0.3) is 0 Å². The van der Waals surface area contributed by atoms with Crippen LogP contribution in [0.3, 0.4) is 0 Å². The van der Waals surface area contributed by atoms with Crippen LogP contribution in [0.2, 0.25) is 0 Å². The van der Waals surface area contributed by atoms with Crippen molar-refractivity contribution in [3.63, 3.8) is 0 Å². The van der Waals surface area contributed by atoms with Gasteiger partial charge in [-0.25, -0.2) is 23.1 Å². The molecule has 0 saturated carbocycles. The van der Waals surface area contributed by atoms with E-state index in [9.17, 15) is 8.42 Å². The van der Waals surface area contributed by atoms with Crippen molar-refractivity contribution in [1.82, 2.24) is 14.7 Å². The van der Waals surface area contributed by atoms with E-state index in [1.165, 1.54) is 13.2 Å². The van der Waals surface area contributed by atoms with Gasteiger partial charge in [-0.1, -0.05) is 12.1 Å². The smallest absolute Gasteiger partial charge is 0.244 e. The van der Waals surface area contributed by atoms with Crippen molar-refractivity contribution in [2.45, 2.75) is 31.2 Å². The fourth-order valence-electron chi connectivity index (χ4n) is 2.85. The molecule has 1 aliphatic heterocycles. The van der Waals surface area contributed by atoms with E-state index in [1.807, 2.05) is 6.92 Å². The van der Waals surface area contributed by atoms with Crippen LogP contribution in [0.1, 0.15) is 24.2 Å². The predicted molar refractivity (Wildman–Crippen MR) is 95.2 cm³/mol. The van der Waals surface area contributed by atoms with Gasteiger partial charge in [0.15, 0.2) is 0 Å². The highest BCUT2D eigenvalue weighted by molar-refractivity contribution is 7.89.